The Balaban J connectivity index is 1.82. The van der Waals surface area contributed by atoms with Crippen LogP contribution in [0.5, 0.6) is 0 Å². The predicted molar refractivity (Wildman–Crippen MR) is 109 cm³/mol. The Morgan fingerprint density at radius 1 is 1.19 bits per heavy atom. The van der Waals surface area contributed by atoms with Crippen molar-refractivity contribution in [1.82, 2.24) is 5.32 Å². The number of aryl methyl sites for hydroxylation is 1. The van der Waals surface area contributed by atoms with Crippen molar-refractivity contribution < 1.29 is 19.5 Å². The minimum atomic E-state index is -0.963. The number of amides is 2. The summed E-state index contributed by atoms with van der Waals surface area (Å²) in [5.41, 5.74) is 3.29. The summed E-state index contributed by atoms with van der Waals surface area (Å²) in [5, 5.41) is 16.8. The molecular weight excluding hydrogens is 384 g/mol. The van der Waals surface area contributed by atoms with Crippen LogP contribution >= 0.6 is 23.1 Å². The van der Waals surface area contributed by atoms with Crippen molar-refractivity contribution in [3.8, 4) is 11.1 Å². The van der Waals surface area contributed by atoms with E-state index in [2.05, 4.69) is 10.6 Å². The number of carbonyl (C=O) groups is 3. The van der Waals surface area contributed by atoms with E-state index >= 15 is 0 Å². The number of hydrogen-bond donors (Lipinski definition) is 3. The molecule has 1 aliphatic carbocycles. The van der Waals surface area contributed by atoms with Crippen LogP contribution in [0.1, 0.15) is 28.8 Å². The van der Waals surface area contributed by atoms with Crippen molar-refractivity contribution in [2.45, 2.75) is 25.8 Å². The molecule has 0 saturated heterocycles. The Labute approximate surface area is 165 Å². The van der Waals surface area contributed by atoms with E-state index in [0.717, 1.165) is 41.3 Å². The molecular formula is C19H20N2O4S2. The minimum Gasteiger partial charge on any atom is -0.481 e. The molecule has 0 spiro atoms. The zero-order chi connectivity index (χ0) is 19.4. The number of carbonyl (C=O) groups excluding carboxylic acids is 2. The number of anilines is 1. The van der Waals surface area contributed by atoms with Crippen LogP contribution in [0.3, 0.4) is 0 Å². The highest BCUT2D eigenvalue weighted by Crippen LogP contribution is 2.36. The van der Waals surface area contributed by atoms with Crippen LogP contribution in [0.4, 0.5) is 5.00 Å². The number of rotatable bonds is 8. The van der Waals surface area contributed by atoms with Gasteiger partial charge in [-0.25, -0.2) is 0 Å². The zero-order valence-electron chi connectivity index (χ0n) is 14.8. The van der Waals surface area contributed by atoms with Crippen molar-refractivity contribution in [3.05, 3.63) is 40.8 Å². The van der Waals surface area contributed by atoms with Gasteiger partial charge in [0.05, 0.1) is 17.1 Å². The van der Waals surface area contributed by atoms with E-state index in [-0.39, 0.29) is 29.4 Å². The maximum Gasteiger partial charge on any atom is 0.313 e. The third-order valence-corrected chi connectivity index (χ3v) is 5.82. The van der Waals surface area contributed by atoms with Gasteiger partial charge < -0.3 is 15.7 Å². The Morgan fingerprint density at radius 3 is 2.52 bits per heavy atom. The van der Waals surface area contributed by atoms with E-state index in [0.29, 0.717) is 10.6 Å². The van der Waals surface area contributed by atoms with Gasteiger partial charge in [0.2, 0.25) is 5.91 Å². The first kappa shape index (κ1) is 19.4. The van der Waals surface area contributed by atoms with Crippen LogP contribution in [-0.2, 0) is 9.59 Å². The first-order chi connectivity index (χ1) is 12.9. The number of nitrogens with one attached hydrogen (secondary N) is 2. The number of thiophene rings is 1. The summed E-state index contributed by atoms with van der Waals surface area (Å²) in [6, 6.07) is 8.09. The number of hydrogen-bond acceptors (Lipinski definition) is 5. The summed E-state index contributed by atoms with van der Waals surface area (Å²) in [4.78, 5) is 35.5. The maximum atomic E-state index is 12.8. The molecule has 0 bridgehead atoms. The molecule has 1 aromatic heterocycles. The second-order valence-electron chi connectivity index (χ2n) is 6.40. The molecule has 27 heavy (non-hydrogen) atoms. The lowest BCUT2D eigenvalue weighted by molar-refractivity contribution is -0.133. The molecule has 6 nitrogen and oxygen atoms in total. The highest BCUT2D eigenvalue weighted by Gasteiger charge is 2.28. The van der Waals surface area contributed by atoms with Gasteiger partial charge in [0.25, 0.3) is 5.91 Å². The van der Waals surface area contributed by atoms with Crippen LogP contribution < -0.4 is 10.6 Å². The fourth-order valence-electron chi connectivity index (χ4n) is 2.50. The molecule has 1 saturated carbocycles. The van der Waals surface area contributed by atoms with Gasteiger partial charge in [0, 0.05) is 17.0 Å². The molecule has 1 heterocycles. The molecule has 0 atom stereocenters. The lowest BCUT2D eigenvalue weighted by atomic mass is 10.0. The van der Waals surface area contributed by atoms with Crippen molar-refractivity contribution in [2.75, 3.05) is 16.8 Å². The number of aliphatic carboxylic acids is 1. The fraction of sp³-hybridized carbons (Fsp3) is 0.316. The van der Waals surface area contributed by atoms with E-state index in [1.807, 2.05) is 36.6 Å². The third kappa shape index (κ3) is 5.33. The molecule has 8 heteroatoms. The third-order valence-electron chi connectivity index (χ3n) is 4.00. The van der Waals surface area contributed by atoms with Crippen LogP contribution in [0.15, 0.2) is 29.6 Å². The van der Waals surface area contributed by atoms with Gasteiger partial charge in [-0.3, -0.25) is 14.4 Å². The first-order valence-electron chi connectivity index (χ1n) is 8.53. The lowest BCUT2D eigenvalue weighted by Gasteiger charge is -2.10. The van der Waals surface area contributed by atoms with Gasteiger partial charge in [-0.15, -0.1) is 23.1 Å². The second kappa shape index (κ2) is 8.58. The molecule has 3 rings (SSSR count). The Hall–Kier alpha value is -2.32. The van der Waals surface area contributed by atoms with E-state index < -0.39 is 5.97 Å². The standard InChI is InChI=1S/C19H20N2O4S2/c1-11-2-4-12(5-3-11)14-8-27-19(17(14)18(25)20-13-6-7-13)21-15(22)9-26-10-16(23)24/h2-5,8,13H,6-7,9-10H2,1H3,(H,20,25)(H,21,22)(H,23,24). The van der Waals surface area contributed by atoms with Gasteiger partial charge in [-0.1, -0.05) is 29.8 Å². The topological polar surface area (TPSA) is 95.5 Å². The Kier molecular flexibility index (Phi) is 6.18. The quantitative estimate of drug-likeness (QED) is 0.627. The van der Waals surface area contributed by atoms with Gasteiger partial charge in [0.15, 0.2) is 0 Å². The van der Waals surface area contributed by atoms with Crippen LogP contribution in [-0.4, -0.2) is 40.4 Å². The Bertz CT molecular complexity index is 857. The van der Waals surface area contributed by atoms with Crippen LogP contribution in [0.25, 0.3) is 11.1 Å². The highest BCUT2D eigenvalue weighted by atomic mass is 32.2. The molecule has 0 radical (unpaired) electrons. The second-order valence-corrected chi connectivity index (χ2v) is 8.27. The monoisotopic (exact) mass is 404 g/mol. The van der Waals surface area contributed by atoms with Gasteiger partial charge in [-0.05, 0) is 25.3 Å². The summed E-state index contributed by atoms with van der Waals surface area (Å²) in [6.07, 6.45) is 1.95. The number of carboxylic acid groups (broad SMARTS) is 1. The summed E-state index contributed by atoms with van der Waals surface area (Å²) in [7, 11) is 0. The van der Waals surface area contributed by atoms with E-state index in [4.69, 9.17) is 5.11 Å². The van der Waals surface area contributed by atoms with E-state index in [9.17, 15) is 14.4 Å². The van der Waals surface area contributed by atoms with Gasteiger partial charge in [-0.2, -0.15) is 0 Å². The van der Waals surface area contributed by atoms with Crippen molar-refractivity contribution in [2.24, 2.45) is 0 Å². The highest BCUT2D eigenvalue weighted by molar-refractivity contribution is 8.00. The van der Waals surface area contributed by atoms with Gasteiger partial charge >= 0.3 is 5.97 Å². The van der Waals surface area contributed by atoms with Crippen molar-refractivity contribution in [1.29, 1.82) is 0 Å². The average molecular weight is 405 g/mol. The molecule has 1 aliphatic rings. The van der Waals surface area contributed by atoms with E-state index in [1.165, 1.54) is 11.3 Å². The SMILES string of the molecule is Cc1ccc(-c2csc(NC(=O)CSCC(=O)O)c2C(=O)NC2CC2)cc1. The predicted octanol–water partition coefficient (Wildman–Crippen LogP) is 3.37. The molecule has 0 aliphatic heterocycles. The Morgan fingerprint density at radius 2 is 1.89 bits per heavy atom. The molecule has 0 unspecified atom stereocenters. The number of benzene rings is 1. The van der Waals surface area contributed by atoms with Gasteiger partial charge in [0.1, 0.15) is 5.00 Å². The zero-order valence-corrected chi connectivity index (χ0v) is 16.4. The van der Waals surface area contributed by atoms with Crippen LogP contribution in [0, 0.1) is 6.92 Å². The molecule has 142 valence electrons. The van der Waals surface area contributed by atoms with E-state index in [1.54, 1.807) is 0 Å². The molecule has 1 aromatic carbocycles. The largest absolute Gasteiger partial charge is 0.481 e. The van der Waals surface area contributed by atoms with Crippen molar-refractivity contribution >= 4 is 45.9 Å². The summed E-state index contributed by atoms with van der Waals surface area (Å²) in [5.74, 6) is -1.59. The molecule has 1 fully saturated rings. The summed E-state index contributed by atoms with van der Waals surface area (Å²) >= 11 is 2.32. The molecule has 2 aromatic rings. The van der Waals surface area contributed by atoms with Crippen molar-refractivity contribution in [3.63, 3.8) is 0 Å². The first-order valence-corrected chi connectivity index (χ1v) is 10.6. The van der Waals surface area contributed by atoms with Crippen LogP contribution in [0.2, 0.25) is 0 Å². The summed E-state index contributed by atoms with van der Waals surface area (Å²) < 4.78 is 0. The number of carboxylic acids is 1. The lowest BCUT2D eigenvalue weighted by Crippen LogP contribution is -2.27. The minimum absolute atomic E-state index is 0.0216. The molecule has 2 amide bonds. The normalized spacial score (nSPS) is 13.2. The summed E-state index contributed by atoms with van der Waals surface area (Å²) in [6.45, 7) is 2.00. The fourth-order valence-corrected chi connectivity index (χ4v) is 4.02. The number of thioether (sulfide) groups is 1. The maximum absolute atomic E-state index is 12.8. The molecule has 3 N–H and O–H groups in total. The average Bonchev–Trinajstić information content (AvgIpc) is 3.33. The smallest absolute Gasteiger partial charge is 0.313 e.